The molecule has 7 heteroatoms. The highest BCUT2D eigenvalue weighted by molar-refractivity contribution is 14.0. The molecule has 2 N–H and O–H groups in total. The molecule has 6 nitrogen and oxygen atoms in total. The average molecular weight is 472 g/mol. The molecule has 26 heavy (non-hydrogen) atoms. The molecule has 0 bridgehead atoms. The molecule has 1 atom stereocenters. The zero-order chi connectivity index (χ0) is 17.9. The quantitative estimate of drug-likeness (QED) is 0.239. The van der Waals surface area contributed by atoms with Gasteiger partial charge in [0.2, 0.25) is 0 Å². The van der Waals surface area contributed by atoms with Crippen LogP contribution in [-0.4, -0.2) is 39.7 Å². The smallest absolute Gasteiger partial charge is 0.191 e. The molecule has 0 radical (unpaired) electrons. The second kappa shape index (κ2) is 12.9. The minimum absolute atomic E-state index is 0. The molecule has 2 aromatic rings. The van der Waals surface area contributed by atoms with Gasteiger partial charge in [-0.15, -0.1) is 34.2 Å². The average Bonchev–Trinajstić information content (AvgIpc) is 3.02. The van der Waals surface area contributed by atoms with Gasteiger partial charge in [0, 0.05) is 31.7 Å². The summed E-state index contributed by atoms with van der Waals surface area (Å²) in [6.07, 6.45) is 9.14. The van der Waals surface area contributed by atoms with Crippen LogP contribution in [0.5, 0.6) is 0 Å². The molecule has 0 saturated carbocycles. The van der Waals surface area contributed by atoms with E-state index in [2.05, 4.69) is 41.6 Å². The maximum Gasteiger partial charge on any atom is 0.191 e. The molecule has 2 aromatic heterocycles. The third-order valence-corrected chi connectivity index (χ3v) is 4.21. The largest absolute Gasteiger partial charge is 0.357 e. The number of guanidine groups is 1. The summed E-state index contributed by atoms with van der Waals surface area (Å²) in [5, 5.41) is 15.3. The number of aromatic nitrogens is 3. The van der Waals surface area contributed by atoms with Crippen LogP contribution in [0.1, 0.15) is 58.7 Å². The molecule has 0 spiro atoms. The molecule has 0 aromatic carbocycles. The summed E-state index contributed by atoms with van der Waals surface area (Å²) < 4.78 is 2.02. The van der Waals surface area contributed by atoms with Crippen LogP contribution in [-0.2, 0) is 6.42 Å². The van der Waals surface area contributed by atoms with E-state index in [9.17, 15) is 0 Å². The van der Waals surface area contributed by atoms with Gasteiger partial charge >= 0.3 is 0 Å². The first-order valence-corrected chi connectivity index (χ1v) is 9.58. The van der Waals surface area contributed by atoms with E-state index in [1.54, 1.807) is 0 Å². The number of unbranched alkanes of at least 4 members (excludes halogenated alkanes) is 3. The Labute approximate surface area is 174 Å². The second-order valence-electron chi connectivity index (χ2n) is 6.45. The number of pyridine rings is 1. The van der Waals surface area contributed by atoms with Crippen LogP contribution < -0.4 is 10.6 Å². The predicted octanol–water partition coefficient (Wildman–Crippen LogP) is 3.80. The van der Waals surface area contributed by atoms with Gasteiger partial charge in [-0.25, -0.2) is 0 Å². The first-order chi connectivity index (χ1) is 12.2. The van der Waals surface area contributed by atoms with Crippen molar-refractivity contribution < 1.29 is 0 Å². The van der Waals surface area contributed by atoms with Crippen molar-refractivity contribution in [1.29, 1.82) is 0 Å². The van der Waals surface area contributed by atoms with Crippen molar-refractivity contribution >= 4 is 35.6 Å². The standard InChI is InChI=1S/C19H32N6.HI/c1-4-6-7-8-11-16(3)22-19(20-5-2)21-14-13-18-24-23-17-12-9-10-15-25(17)18;/h9-10,12,15-16H,4-8,11,13-14H2,1-3H3,(H2,20,21,22);1H. The SMILES string of the molecule is CCCCCCC(C)NC(=NCCc1nnc2ccccn12)NCC.I. The third kappa shape index (κ3) is 7.47. The highest BCUT2D eigenvalue weighted by Crippen LogP contribution is 2.06. The van der Waals surface area contributed by atoms with E-state index in [0.717, 1.165) is 30.4 Å². The Morgan fingerprint density at radius 2 is 2.04 bits per heavy atom. The van der Waals surface area contributed by atoms with Crippen molar-refractivity contribution in [2.45, 2.75) is 65.3 Å². The Hall–Kier alpha value is -1.38. The van der Waals surface area contributed by atoms with Crippen LogP contribution in [0.3, 0.4) is 0 Å². The Morgan fingerprint density at radius 3 is 2.81 bits per heavy atom. The molecular weight excluding hydrogens is 439 g/mol. The molecule has 0 aliphatic carbocycles. The van der Waals surface area contributed by atoms with Gasteiger partial charge in [0.25, 0.3) is 0 Å². The first kappa shape index (κ1) is 22.7. The van der Waals surface area contributed by atoms with Crippen LogP contribution in [0, 0.1) is 0 Å². The van der Waals surface area contributed by atoms with Crippen molar-refractivity contribution in [1.82, 2.24) is 25.2 Å². The number of hydrogen-bond acceptors (Lipinski definition) is 3. The highest BCUT2D eigenvalue weighted by Gasteiger charge is 2.06. The van der Waals surface area contributed by atoms with Crippen LogP contribution in [0.25, 0.3) is 5.65 Å². The van der Waals surface area contributed by atoms with Crippen LogP contribution >= 0.6 is 24.0 Å². The van der Waals surface area contributed by atoms with Gasteiger partial charge in [-0.3, -0.25) is 9.39 Å². The summed E-state index contributed by atoms with van der Waals surface area (Å²) in [6.45, 7) is 8.12. The van der Waals surface area contributed by atoms with E-state index in [1.165, 1.54) is 32.1 Å². The number of rotatable bonds is 10. The van der Waals surface area contributed by atoms with Crippen molar-refractivity contribution in [3.05, 3.63) is 30.2 Å². The predicted molar refractivity (Wildman–Crippen MR) is 119 cm³/mol. The van der Waals surface area contributed by atoms with Gasteiger partial charge in [0.05, 0.1) is 0 Å². The number of aliphatic imine (C=N–C) groups is 1. The zero-order valence-electron chi connectivity index (χ0n) is 16.2. The molecule has 2 rings (SSSR count). The second-order valence-corrected chi connectivity index (χ2v) is 6.45. The van der Waals surface area contributed by atoms with Crippen molar-refractivity contribution in [3.8, 4) is 0 Å². The summed E-state index contributed by atoms with van der Waals surface area (Å²) in [6, 6.07) is 6.37. The Kier molecular flexibility index (Phi) is 11.2. The van der Waals surface area contributed by atoms with Crippen LogP contribution in [0.4, 0.5) is 0 Å². The lowest BCUT2D eigenvalue weighted by Crippen LogP contribution is -2.42. The lowest BCUT2D eigenvalue weighted by atomic mass is 10.1. The molecule has 0 fully saturated rings. The summed E-state index contributed by atoms with van der Waals surface area (Å²) in [4.78, 5) is 4.69. The van der Waals surface area contributed by atoms with Gasteiger partial charge in [0.1, 0.15) is 5.82 Å². The van der Waals surface area contributed by atoms with Crippen molar-refractivity contribution in [3.63, 3.8) is 0 Å². The molecule has 146 valence electrons. The Balaban J connectivity index is 0.00000338. The van der Waals surface area contributed by atoms with Gasteiger partial charge < -0.3 is 10.6 Å². The van der Waals surface area contributed by atoms with Crippen molar-refractivity contribution in [2.24, 2.45) is 4.99 Å². The van der Waals surface area contributed by atoms with Gasteiger partial charge in [-0.2, -0.15) is 0 Å². The van der Waals surface area contributed by atoms with E-state index in [-0.39, 0.29) is 24.0 Å². The zero-order valence-corrected chi connectivity index (χ0v) is 18.6. The van der Waals surface area contributed by atoms with Gasteiger partial charge in [0.15, 0.2) is 11.6 Å². The summed E-state index contributed by atoms with van der Waals surface area (Å²) in [5.41, 5.74) is 0.882. The fourth-order valence-corrected chi connectivity index (χ4v) is 2.83. The third-order valence-electron chi connectivity index (χ3n) is 4.21. The van der Waals surface area contributed by atoms with E-state index in [1.807, 2.05) is 28.8 Å². The number of nitrogens with zero attached hydrogens (tertiary/aromatic N) is 4. The molecule has 0 amide bonds. The number of nitrogens with one attached hydrogen (secondary N) is 2. The van der Waals surface area contributed by atoms with Crippen molar-refractivity contribution in [2.75, 3.05) is 13.1 Å². The van der Waals surface area contributed by atoms with Crippen LogP contribution in [0.15, 0.2) is 29.4 Å². The Morgan fingerprint density at radius 1 is 1.19 bits per heavy atom. The maximum atomic E-state index is 4.69. The van der Waals surface area contributed by atoms with E-state index >= 15 is 0 Å². The molecule has 2 heterocycles. The topological polar surface area (TPSA) is 66.6 Å². The minimum Gasteiger partial charge on any atom is -0.357 e. The van der Waals surface area contributed by atoms with E-state index in [4.69, 9.17) is 4.99 Å². The fourth-order valence-electron chi connectivity index (χ4n) is 2.83. The maximum absolute atomic E-state index is 4.69. The number of fused-ring (bicyclic) bond motifs is 1. The number of halogens is 1. The molecule has 0 saturated heterocycles. The summed E-state index contributed by atoms with van der Waals surface area (Å²) >= 11 is 0. The highest BCUT2D eigenvalue weighted by atomic mass is 127. The lowest BCUT2D eigenvalue weighted by molar-refractivity contribution is 0.537. The monoisotopic (exact) mass is 472 g/mol. The molecular formula is C19H33IN6. The normalized spacial score (nSPS) is 12.7. The summed E-state index contributed by atoms with van der Waals surface area (Å²) in [5.74, 6) is 1.84. The van der Waals surface area contributed by atoms with Crippen LogP contribution in [0.2, 0.25) is 0 Å². The Bertz CT molecular complexity index is 654. The fraction of sp³-hybridized carbons (Fsp3) is 0.632. The minimum atomic E-state index is 0. The van der Waals surface area contributed by atoms with E-state index in [0.29, 0.717) is 12.6 Å². The first-order valence-electron chi connectivity index (χ1n) is 9.58. The summed E-state index contributed by atoms with van der Waals surface area (Å²) in [7, 11) is 0. The van der Waals surface area contributed by atoms with Gasteiger partial charge in [-0.1, -0.05) is 38.7 Å². The lowest BCUT2D eigenvalue weighted by Gasteiger charge is -2.17. The number of hydrogen-bond donors (Lipinski definition) is 2. The molecule has 0 aliphatic heterocycles. The van der Waals surface area contributed by atoms with Gasteiger partial charge in [-0.05, 0) is 32.4 Å². The molecule has 0 aliphatic rings. The molecule has 1 unspecified atom stereocenters. The van der Waals surface area contributed by atoms with E-state index < -0.39 is 0 Å².